The quantitative estimate of drug-likeness (QED) is 0.876. The monoisotopic (exact) mass is 266 g/mol. The van der Waals surface area contributed by atoms with Crippen molar-refractivity contribution < 1.29 is 0 Å². The minimum Gasteiger partial charge on any atom is -0.341 e. The predicted octanol–water partition coefficient (Wildman–Crippen LogP) is 2.17. The van der Waals surface area contributed by atoms with Crippen molar-refractivity contribution in [1.82, 2.24) is 15.3 Å². The Labute approximate surface area is 113 Å². The molecule has 0 saturated carbocycles. The zero-order valence-electron chi connectivity index (χ0n) is 10.5. The summed E-state index contributed by atoms with van der Waals surface area (Å²) in [7, 11) is 2.12. The molecule has 0 amide bonds. The Kier molecular flexibility index (Phi) is 4.09. The first kappa shape index (κ1) is 13.2. The lowest BCUT2D eigenvalue weighted by Gasteiger charge is -2.31. The summed E-state index contributed by atoms with van der Waals surface area (Å²) in [4.78, 5) is 10.3. The highest BCUT2D eigenvalue weighted by atomic mass is 35.5. The third kappa shape index (κ3) is 2.44. The largest absolute Gasteiger partial charge is 0.341 e. The van der Waals surface area contributed by atoms with E-state index in [9.17, 15) is 0 Å². The molecule has 0 aliphatic carbocycles. The van der Waals surface area contributed by atoms with Crippen molar-refractivity contribution in [2.45, 2.75) is 18.9 Å². The van der Waals surface area contributed by atoms with E-state index in [1.807, 2.05) is 18.2 Å². The number of aromatic nitrogens is 2. The van der Waals surface area contributed by atoms with Gasteiger partial charge in [-0.05, 0) is 31.5 Å². The Balaban J connectivity index is 0.00000120. The van der Waals surface area contributed by atoms with Gasteiger partial charge in [-0.2, -0.15) is 0 Å². The SMILES string of the molecule is CN(c1nc2ccccc2[nH]1)C1CCCNC1.Cl. The van der Waals surface area contributed by atoms with E-state index in [1.165, 1.54) is 12.8 Å². The summed E-state index contributed by atoms with van der Waals surface area (Å²) in [6, 6.07) is 8.71. The maximum atomic E-state index is 4.63. The lowest BCUT2D eigenvalue weighted by atomic mass is 10.1. The maximum Gasteiger partial charge on any atom is 0.203 e. The van der Waals surface area contributed by atoms with Crippen LogP contribution in [0.1, 0.15) is 12.8 Å². The number of anilines is 1. The Morgan fingerprint density at radius 1 is 1.33 bits per heavy atom. The van der Waals surface area contributed by atoms with E-state index >= 15 is 0 Å². The van der Waals surface area contributed by atoms with Crippen molar-refractivity contribution in [2.24, 2.45) is 0 Å². The van der Waals surface area contributed by atoms with Gasteiger partial charge in [-0.15, -0.1) is 12.4 Å². The van der Waals surface area contributed by atoms with E-state index in [1.54, 1.807) is 0 Å². The van der Waals surface area contributed by atoms with Crippen LogP contribution in [-0.2, 0) is 0 Å². The van der Waals surface area contributed by atoms with Gasteiger partial charge in [-0.1, -0.05) is 12.1 Å². The van der Waals surface area contributed by atoms with Crippen LogP contribution in [0, 0.1) is 0 Å². The second-order valence-corrected chi connectivity index (χ2v) is 4.69. The van der Waals surface area contributed by atoms with Crippen molar-refractivity contribution in [1.29, 1.82) is 0 Å². The van der Waals surface area contributed by atoms with Crippen LogP contribution in [0.15, 0.2) is 24.3 Å². The van der Waals surface area contributed by atoms with Crippen LogP contribution >= 0.6 is 12.4 Å². The van der Waals surface area contributed by atoms with Gasteiger partial charge in [0.25, 0.3) is 0 Å². The molecule has 1 aliphatic heterocycles. The zero-order chi connectivity index (χ0) is 11.7. The lowest BCUT2D eigenvalue weighted by molar-refractivity contribution is 0.442. The number of hydrogen-bond acceptors (Lipinski definition) is 3. The Morgan fingerprint density at radius 3 is 2.89 bits per heavy atom. The molecule has 2 aromatic rings. The number of likely N-dealkylation sites (N-methyl/N-ethyl adjacent to an activating group) is 1. The summed E-state index contributed by atoms with van der Waals surface area (Å²) in [6.07, 6.45) is 2.48. The zero-order valence-corrected chi connectivity index (χ0v) is 11.3. The van der Waals surface area contributed by atoms with E-state index in [4.69, 9.17) is 0 Å². The summed E-state index contributed by atoms with van der Waals surface area (Å²) >= 11 is 0. The summed E-state index contributed by atoms with van der Waals surface area (Å²) in [5, 5.41) is 3.44. The van der Waals surface area contributed by atoms with E-state index in [-0.39, 0.29) is 12.4 Å². The minimum absolute atomic E-state index is 0. The first-order chi connectivity index (χ1) is 8.34. The Bertz CT molecular complexity index is 471. The fourth-order valence-electron chi connectivity index (χ4n) is 2.44. The molecule has 18 heavy (non-hydrogen) atoms. The number of para-hydroxylation sites is 2. The van der Waals surface area contributed by atoms with Gasteiger partial charge in [-0.25, -0.2) is 4.98 Å². The molecular formula is C13H19ClN4. The normalized spacial score (nSPS) is 19.5. The molecular weight excluding hydrogens is 248 g/mol. The summed E-state index contributed by atoms with van der Waals surface area (Å²) in [5.74, 6) is 0.972. The van der Waals surface area contributed by atoms with Crippen LogP contribution in [0.3, 0.4) is 0 Å². The number of halogens is 1. The molecule has 5 heteroatoms. The standard InChI is InChI=1S/C13H18N4.ClH/c1-17(10-5-4-8-14-9-10)13-15-11-6-2-3-7-12(11)16-13;/h2-3,6-7,10,14H,4-5,8-9H2,1H3,(H,15,16);1H. The van der Waals surface area contributed by atoms with Crippen molar-refractivity contribution in [2.75, 3.05) is 25.0 Å². The Morgan fingerprint density at radius 2 is 2.17 bits per heavy atom. The number of nitrogens with zero attached hydrogens (tertiary/aromatic N) is 2. The van der Waals surface area contributed by atoms with Gasteiger partial charge < -0.3 is 15.2 Å². The van der Waals surface area contributed by atoms with Gasteiger partial charge in [0, 0.05) is 19.6 Å². The molecule has 1 saturated heterocycles. The molecule has 0 radical (unpaired) electrons. The predicted molar refractivity (Wildman–Crippen MR) is 77.6 cm³/mol. The molecule has 1 unspecified atom stereocenters. The lowest BCUT2D eigenvalue weighted by Crippen LogP contribution is -2.44. The average Bonchev–Trinajstić information content (AvgIpc) is 2.82. The minimum atomic E-state index is 0. The first-order valence-electron chi connectivity index (χ1n) is 6.23. The molecule has 2 N–H and O–H groups in total. The number of hydrogen-bond donors (Lipinski definition) is 2. The number of piperidine rings is 1. The smallest absolute Gasteiger partial charge is 0.203 e. The van der Waals surface area contributed by atoms with Gasteiger partial charge in [-0.3, -0.25) is 0 Å². The number of nitrogens with one attached hydrogen (secondary N) is 2. The Hall–Kier alpha value is -1.26. The van der Waals surface area contributed by atoms with Crippen LogP contribution in [0.2, 0.25) is 0 Å². The number of H-pyrrole nitrogens is 1. The van der Waals surface area contributed by atoms with E-state index < -0.39 is 0 Å². The van der Waals surface area contributed by atoms with E-state index in [2.05, 4.69) is 33.3 Å². The third-order valence-electron chi connectivity index (χ3n) is 3.53. The fourth-order valence-corrected chi connectivity index (χ4v) is 2.44. The highest BCUT2D eigenvalue weighted by Crippen LogP contribution is 2.19. The second kappa shape index (κ2) is 5.59. The summed E-state index contributed by atoms with van der Waals surface area (Å²) < 4.78 is 0. The van der Waals surface area contributed by atoms with Crippen molar-refractivity contribution in [3.8, 4) is 0 Å². The number of imidazole rings is 1. The van der Waals surface area contributed by atoms with Crippen molar-refractivity contribution in [3.05, 3.63) is 24.3 Å². The van der Waals surface area contributed by atoms with Crippen molar-refractivity contribution >= 4 is 29.4 Å². The number of aromatic amines is 1. The van der Waals surface area contributed by atoms with Crippen LogP contribution < -0.4 is 10.2 Å². The molecule has 1 fully saturated rings. The first-order valence-corrected chi connectivity index (χ1v) is 6.23. The molecule has 0 bridgehead atoms. The molecule has 4 nitrogen and oxygen atoms in total. The molecule has 1 aromatic heterocycles. The van der Waals surface area contributed by atoms with Crippen molar-refractivity contribution in [3.63, 3.8) is 0 Å². The van der Waals surface area contributed by atoms with Gasteiger partial charge >= 0.3 is 0 Å². The van der Waals surface area contributed by atoms with Crippen LogP contribution in [-0.4, -0.2) is 36.1 Å². The van der Waals surface area contributed by atoms with Gasteiger partial charge in [0.2, 0.25) is 5.95 Å². The molecule has 2 heterocycles. The van der Waals surface area contributed by atoms with Gasteiger partial charge in [0.1, 0.15) is 0 Å². The second-order valence-electron chi connectivity index (χ2n) is 4.69. The van der Waals surface area contributed by atoms with Crippen LogP contribution in [0.25, 0.3) is 11.0 Å². The van der Waals surface area contributed by atoms with Gasteiger partial charge in [0.05, 0.1) is 11.0 Å². The molecule has 0 spiro atoms. The summed E-state index contributed by atoms with van der Waals surface area (Å²) in [6.45, 7) is 2.19. The van der Waals surface area contributed by atoms with Crippen LogP contribution in [0.5, 0.6) is 0 Å². The number of fused-ring (bicyclic) bond motifs is 1. The summed E-state index contributed by atoms with van der Waals surface area (Å²) in [5.41, 5.74) is 2.15. The number of benzene rings is 1. The van der Waals surface area contributed by atoms with E-state index in [0.29, 0.717) is 6.04 Å². The maximum absolute atomic E-state index is 4.63. The molecule has 1 atom stereocenters. The average molecular weight is 267 g/mol. The molecule has 1 aromatic carbocycles. The molecule has 1 aliphatic rings. The van der Waals surface area contributed by atoms with Crippen LogP contribution in [0.4, 0.5) is 5.95 Å². The third-order valence-corrected chi connectivity index (χ3v) is 3.53. The molecule has 3 rings (SSSR count). The van der Waals surface area contributed by atoms with E-state index in [0.717, 1.165) is 30.1 Å². The highest BCUT2D eigenvalue weighted by Gasteiger charge is 2.19. The van der Waals surface area contributed by atoms with Gasteiger partial charge in [0.15, 0.2) is 0 Å². The number of rotatable bonds is 2. The highest BCUT2D eigenvalue weighted by molar-refractivity contribution is 5.85. The molecule has 98 valence electrons. The topological polar surface area (TPSA) is 44.0 Å². The fraction of sp³-hybridized carbons (Fsp3) is 0.462.